The summed E-state index contributed by atoms with van der Waals surface area (Å²) in [5.41, 5.74) is 1.14. The Labute approximate surface area is 122 Å². The van der Waals surface area contributed by atoms with Crippen LogP contribution in [-0.4, -0.2) is 27.5 Å². The molecule has 0 unspecified atom stereocenters. The first-order chi connectivity index (χ1) is 8.69. The van der Waals surface area contributed by atoms with Crippen LogP contribution in [0.5, 0.6) is 0 Å². The fourth-order valence-electron chi connectivity index (χ4n) is 1.35. The van der Waals surface area contributed by atoms with Crippen LogP contribution in [-0.2, 0) is 9.53 Å². The summed E-state index contributed by atoms with van der Waals surface area (Å²) in [5, 5.41) is 0.732. The first kappa shape index (κ1) is 13.8. The summed E-state index contributed by atoms with van der Waals surface area (Å²) in [7, 11) is 0. The molecule has 1 heterocycles. The van der Waals surface area contributed by atoms with Crippen LogP contribution in [0.25, 0.3) is 4.91 Å². The molecular formula is C13H11ClO2SSe. The van der Waals surface area contributed by atoms with Gasteiger partial charge in [0.1, 0.15) is 0 Å². The number of thioether (sulfide) groups is 1. The number of hydrogen-bond acceptors (Lipinski definition) is 3. The molecule has 0 aromatic heterocycles. The van der Waals surface area contributed by atoms with Crippen molar-refractivity contribution in [1.29, 1.82) is 0 Å². The van der Waals surface area contributed by atoms with Crippen molar-refractivity contribution in [2.75, 3.05) is 6.61 Å². The molecule has 1 aromatic carbocycles. The quantitative estimate of drug-likeness (QED) is 0.476. The van der Waals surface area contributed by atoms with Crippen LogP contribution in [0.15, 0.2) is 39.1 Å². The molecular weight excluding hydrogens is 335 g/mol. The molecule has 18 heavy (non-hydrogen) atoms. The molecule has 1 aromatic rings. The van der Waals surface area contributed by atoms with Gasteiger partial charge in [0.2, 0.25) is 0 Å². The molecule has 0 atom stereocenters. The second-order valence-electron chi connectivity index (χ2n) is 3.42. The second kappa shape index (κ2) is 6.48. The summed E-state index contributed by atoms with van der Waals surface area (Å²) in [5.74, 6) is -0.257. The summed E-state index contributed by atoms with van der Waals surface area (Å²) in [4.78, 5) is 14.7. The van der Waals surface area contributed by atoms with Gasteiger partial charge in [0.25, 0.3) is 0 Å². The zero-order valence-corrected chi connectivity index (χ0v) is 13.0. The minimum atomic E-state index is -0.257. The Morgan fingerprint density at radius 3 is 2.83 bits per heavy atom. The third-order valence-electron chi connectivity index (χ3n) is 2.14. The van der Waals surface area contributed by atoms with E-state index >= 15 is 0 Å². The van der Waals surface area contributed by atoms with E-state index in [9.17, 15) is 4.79 Å². The van der Waals surface area contributed by atoms with E-state index in [0.717, 1.165) is 14.4 Å². The van der Waals surface area contributed by atoms with Gasteiger partial charge in [-0.25, -0.2) is 0 Å². The van der Waals surface area contributed by atoms with Crippen molar-refractivity contribution >= 4 is 49.2 Å². The fraction of sp³-hybridized carbons (Fsp3) is 0.154. The zero-order chi connectivity index (χ0) is 13.0. The van der Waals surface area contributed by atoms with Gasteiger partial charge in [-0.05, 0) is 0 Å². The van der Waals surface area contributed by atoms with Crippen molar-refractivity contribution in [3.05, 3.63) is 49.7 Å². The van der Waals surface area contributed by atoms with Crippen molar-refractivity contribution < 1.29 is 9.53 Å². The topological polar surface area (TPSA) is 26.3 Å². The molecule has 2 rings (SSSR count). The normalized spacial score (nSPS) is 16.8. The zero-order valence-electron chi connectivity index (χ0n) is 9.68. The number of esters is 1. The van der Waals surface area contributed by atoms with E-state index in [0.29, 0.717) is 6.61 Å². The van der Waals surface area contributed by atoms with Crippen LogP contribution in [0.3, 0.4) is 0 Å². The monoisotopic (exact) mass is 346 g/mol. The van der Waals surface area contributed by atoms with Gasteiger partial charge < -0.3 is 0 Å². The summed E-state index contributed by atoms with van der Waals surface area (Å²) >= 11 is 7.70. The van der Waals surface area contributed by atoms with Gasteiger partial charge in [0.15, 0.2) is 0 Å². The Hall–Kier alpha value is -0.671. The number of ether oxygens (including phenoxy) is 1. The number of halogens is 1. The second-order valence-corrected chi connectivity index (χ2v) is 7.44. The third kappa shape index (κ3) is 3.66. The van der Waals surface area contributed by atoms with Crippen LogP contribution in [0.2, 0.25) is 5.02 Å². The Balaban J connectivity index is 2.03. The Morgan fingerprint density at radius 1 is 1.44 bits per heavy atom. The summed E-state index contributed by atoms with van der Waals surface area (Å²) in [6.45, 7) is 2.22. The van der Waals surface area contributed by atoms with Gasteiger partial charge in [-0.15, -0.1) is 0 Å². The Morgan fingerprint density at radius 2 is 2.17 bits per heavy atom. The molecule has 0 N–H and O–H groups in total. The molecule has 0 aliphatic carbocycles. The van der Waals surface area contributed by atoms with E-state index in [1.807, 2.05) is 24.3 Å². The number of carbonyl (C=O) groups is 1. The molecule has 0 saturated heterocycles. The van der Waals surface area contributed by atoms with E-state index < -0.39 is 0 Å². The van der Waals surface area contributed by atoms with Gasteiger partial charge in [0.05, 0.1) is 0 Å². The van der Waals surface area contributed by atoms with Crippen molar-refractivity contribution in [2.24, 2.45) is 0 Å². The number of carbonyl (C=O) groups excluding carboxylic acids is 1. The summed E-state index contributed by atoms with van der Waals surface area (Å²) in [6, 6.07) is 7.73. The van der Waals surface area contributed by atoms with E-state index in [1.54, 1.807) is 24.8 Å². The molecule has 1 aliphatic rings. The van der Waals surface area contributed by atoms with Crippen LogP contribution in [0, 0.1) is 0 Å². The molecule has 0 radical (unpaired) electrons. The van der Waals surface area contributed by atoms with Gasteiger partial charge >= 0.3 is 122 Å². The molecule has 0 amide bonds. The van der Waals surface area contributed by atoms with Crippen molar-refractivity contribution in [1.82, 2.24) is 0 Å². The first-order valence-corrected chi connectivity index (χ1v) is 8.42. The van der Waals surface area contributed by atoms with Crippen molar-refractivity contribution in [3.8, 4) is 0 Å². The molecule has 5 heteroatoms. The van der Waals surface area contributed by atoms with Gasteiger partial charge in [-0.3, -0.25) is 0 Å². The number of benzene rings is 1. The number of rotatable bonds is 3. The van der Waals surface area contributed by atoms with Crippen LogP contribution >= 0.6 is 23.4 Å². The predicted octanol–water partition coefficient (Wildman–Crippen LogP) is 3.49. The van der Waals surface area contributed by atoms with Crippen LogP contribution in [0.1, 0.15) is 12.5 Å². The SMILES string of the molecule is CCOC(=O)/C=C1/SC(c2ccc(Cl)cc2)=C[Se]1. The Bertz CT molecular complexity index is 508. The van der Waals surface area contributed by atoms with Crippen LogP contribution < -0.4 is 0 Å². The van der Waals surface area contributed by atoms with Gasteiger partial charge in [0, 0.05) is 0 Å². The molecule has 0 bridgehead atoms. The molecule has 94 valence electrons. The molecule has 1 aliphatic heterocycles. The third-order valence-corrected chi connectivity index (χ3v) is 6.13. The van der Waals surface area contributed by atoms with Gasteiger partial charge in [-0.2, -0.15) is 0 Å². The number of hydrogen-bond donors (Lipinski definition) is 0. The maximum absolute atomic E-state index is 11.3. The fourth-order valence-corrected chi connectivity index (χ4v) is 4.97. The first-order valence-electron chi connectivity index (χ1n) is 5.38. The van der Waals surface area contributed by atoms with E-state index in [4.69, 9.17) is 16.3 Å². The summed E-state index contributed by atoms with van der Waals surface area (Å²) < 4.78 is 5.98. The Kier molecular flexibility index (Phi) is 4.95. The van der Waals surface area contributed by atoms with Gasteiger partial charge in [-0.1, -0.05) is 0 Å². The average Bonchev–Trinajstić information content (AvgIpc) is 2.78. The van der Waals surface area contributed by atoms with E-state index in [2.05, 4.69) is 4.97 Å². The standard InChI is InChI=1S/C13H11ClO2SSe/c1-2-16-12(15)7-13-17-11(8-18-13)9-3-5-10(14)6-4-9/h3-8H,2H2,1H3/b13-7-. The van der Waals surface area contributed by atoms with E-state index in [-0.39, 0.29) is 20.9 Å². The molecule has 0 fully saturated rings. The molecule has 2 nitrogen and oxygen atoms in total. The van der Waals surface area contributed by atoms with Crippen molar-refractivity contribution in [2.45, 2.75) is 6.92 Å². The van der Waals surface area contributed by atoms with Crippen molar-refractivity contribution in [3.63, 3.8) is 0 Å². The average molecular weight is 346 g/mol. The van der Waals surface area contributed by atoms with Crippen LogP contribution in [0.4, 0.5) is 0 Å². The minimum absolute atomic E-state index is 0.215. The summed E-state index contributed by atoms with van der Waals surface area (Å²) in [6.07, 6.45) is 1.59. The maximum atomic E-state index is 11.3. The molecule has 0 saturated carbocycles. The molecule has 0 spiro atoms. The predicted molar refractivity (Wildman–Crippen MR) is 77.5 cm³/mol. The van der Waals surface area contributed by atoms with E-state index in [1.165, 1.54) is 4.91 Å².